The van der Waals surface area contributed by atoms with E-state index < -0.39 is 0 Å². The van der Waals surface area contributed by atoms with Crippen molar-refractivity contribution in [3.05, 3.63) is 76.0 Å². The Bertz CT molecular complexity index is 1120. The van der Waals surface area contributed by atoms with E-state index in [-0.39, 0.29) is 12.2 Å². The third kappa shape index (κ3) is 4.60. The fourth-order valence-electron chi connectivity index (χ4n) is 5.83. The quantitative estimate of drug-likeness (QED) is 0.492. The van der Waals surface area contributed by atoms with Gasteiger partial charge in [-0.1, -0.05) is 48.9 Å². The average molecular weight is 495 g/mol. The molecule has 0 aliphatic carbocycles. The van der Waals surface area contributed by atoms with Crippen LogP contribution in [0.15, 0.2) is 59.2 Å². The van der Waals surface area contributed by atoms with Crippen LogP contribution in [0.4, 0.5) is 5.69 Å². The van der Waals surface area contributed by atoms with Gasteiger partial charge in [0.05, 0.1) is 24.5 Å². The van der Waals surface area contributed by atoms with E-state index in [1.54, 1.807) is 0 Å². The summed E-state index contributed by atoms with van der Waals surface area (Å²) < 4.78 is 6.41. The summed E-state index contributed by atoms with van der Waals surface area (Å²) >= 11 is 6.42. The molecule has 0 saturated carbocycles. The zero-order chi connectivity index (χ0) is 24.4. The molecule has 1 spiro atoms. The Morgan fingerprint density at radius 1 is 1.14 bits per heavy atom. The van der Waals surface area contributed by atoms with Crippen molar-refractivity contribution in [1.29, 1.82) is 0 Å². The number of aliphatic hydroxyl groups is 1. The Labute approximate surface area is 213 Å². The fourth-order valence-corrected chi connectivity index (χ4v) is 6.02. The van der Waals surface area contributed by atoms with Crippen LogP contribution >= 0.6 is 11.6 Å². The number of benzene rings is 2. The third-order valence-electron chi connectivity index (χ3n) is 7.47. The predicted octanol–water partition coefficient (Wildman–Crippen LogP) is 4.76. The standard InChI is InChI=1S/C28H35ClN4O2/c1-3-6-24-19-31(15-16-34)18-22-17-23(29)9-10-26(22)33(24)27(30-2)32-13-11-28(12-14-32)25-8-5-4-7-21(25)20-35-28/h4-10,17,34H,3,11-16,18-20H2,1-2H3/b24-6+,30-27?. The van der Waals surface area contributed by atoms with Crippen LogP contribution in [0.25, 0.3) is 0 Å². The number of hydrogen-bond acceptors (Lipinski definition) is 4. The number of aliphatic hydroxyl groups excluding tert-OH is 1. The molecule has 3 heterocycles. The van der Waals surface area contributed by atoms with Gasteiger partial charge in [-0.25, -0.2) is 0 Å². The van der Waals surface area contributed by atoms with Gasteiger partial charge in [-0.3, -0.25) is 14.8 Å². The molecule has 7 heteroatoms. The summed E-state index contributed by atoms with van der Waals surface area (Å²) in [6.07, 6.45) is 5.08. The molecule has 3 aliphatic rings. The molecule has 2 aromatic carbocycles. The number of β-amino-alcohol motifs (C(OH)–C–C–N with tert-alkyl or cyclic N) is 1. The van der Waals surface area contributed by atoms with Crippen molar-refractivity contribution in [2.24, 2.45) is 4.99 Å². The first-order chi connectivity index (χ1) is 17.1. The molecular formula is C28H35ClN4O2. The molecule has 1 fully saturated rings. The highest BCUT2D eigenvalue weighted by atomic mass is 35.5. The Hall–Kier alpha value is -2.38. The van der Waals surface area contributed by atoms with Crippen LogP contribution in [0.3, 0.4) is 0 Å². The lowest BCUT2D eigenvalue weighted by atomic mass is 9.84. The Kier molecular flexibility index (Phi) is 7.17. The van der Waals surface area contributed by atoms with E-state index in [9.17, 15) is 5.11 Å². The number of rotatable bonds is 3. The highest BCUT2D eigenvalue weighted by Crippen LogP contribution is 2.44. The SMILES string of the molecule is CC/C=C1\CN(CCO)Cc2cc(Cl)ccc2N1C(=NC)N1CCC2(CC1)OCc1ccccc12. The van der Waals surface area contributed by atoms with E-state index in [1.165, 1.54) is 16.8 Å². The number of fused-ring (bicyclic) bond motifs is 3. The molecule has 3 aliphatic heterocycles. The van der Waals surface area contributed by atoms with Gasteiger partial charge in [0.25, 0.3) is 0 Å². The second-order valence-corrected chi connectivity index (χ2v) is 10.0. The van der Waals surface area contributed by atoms with Gasteiger partial charge in [-0.2, -0.15) is 0 Å². The van der Waals surface area contributed by atoms with Gasteiger partial charge >= 0.3 is 0 Å². The number of ether oxygens (including phenoxy) is 1. The Balaban J connectivity index is 1.47. The number of allylic oxidation sites excluding steroid dienone is 1. The summed E-state index contributed by atoms with van der Waals surface area (Å²) in [5, 5.41) is 10.4. The number of piperidine rings is 1. The third-order valence-corrected chi connectivity index (χ3v) is 7.71. The molecule has 0 aromatic heterocycles. The summed E-state index contributed by atoms with van der Waals surface area (Å²) in [6.45, 7) is 6.84. The fraction of sp³-hybridized carbons (Fsp3) is 0.464. The van der Waals surface area contributed by atoms with Crippen LogP contribution in [0.5, 0.6) is 0 Å². The normalized spacial score (nSPS) is 21.4. The molecule has 6 nitrogen and oxygen atoms in total. The monoisotopic (exact) mass is 494 g/mol. The topological polar surface area (TPSA) is 51.5 Å². The Morgan fingerprint density at radius 2 is 1.94 bits per heavy atom. The van der Waals surface area contributed by atoms with E-state index in [0.29, 0.717) is 13.2 Å². The molecule has 0 bridgehead atoms. The lowest BCUT2D eigenvalue weighted by Crippen LogP contribution is -2.51. The first-order valence-corrected chi connectivity index (χ1v) is 13.0. The molecule has 0 unspecified atom stereocenters. The number of guanidine groups is 1. The second-order valence-electron chi connectivity index (χ2n) is 9.60. The average Bonchev–Trinajstić information content (AvgIpc) is 3.14. The number of hydrogen-bond donors (Lipinski definition) is 1. The first kappa shape index (κ1) is 24.3. The van der Waals surface area contributed by atoms with Gasteiger partial charge in [0, 0.05) is 50.5 Å². The van der Waals surface area contributed by atoms with Crippen molar-refractivity contribution in [3.8, 4) is 0 Å². The number of anilines is 1. The molecule has 1 saturated heterocycles. The lowest BCUT2D eigenvalue weighted by Gasteiger charge is -2.43. The molecule has 186 valence electrons. The van der Waals surface area contributed by atoms with Gasteiger partial charge in [0.15, 0.2) is 0 Å². The van der Waals surface area contributed by atoms with Gasteiger partial charge in [-0.05, 0) is 54.2 Å². The maximum absolute atomic E-state index is 9.68. The molecule has 0 atom stereocenters. The summed E-state index contributed by atoms with van der Waals surface area (Å²) in [6, 6.07) is 14.8. The maximum Gasteiger partial charge on any atom is 0.205 e. The summed E-state index contributed by atoms with van der Waals surface area (Å²) in [5.74, 6) is 0.959. The van der Waals surface area contributed by atoms with Crippen LogP contribution in [0, 0.1) is 0 Å². The van der Waals surface area contributed by atoms with Crippen molar-refractivity contribution in [1.82, 2.24) is 9.80 Å². The highest BCUT2D eigenvalue weighted by molar-refractivity contribution is 6.30. The number of likely N-dealkylation sites (tertiary alicyclic amines) is 1. The van der Waals surface area contributed by atoms with Gasteiger partial charge in [-0.15, -0.1) is 0 Å². The number of halogens is 1. The molecule has 5 rings (SSSR count). The predicted molar refractivity (Wildman–Crippen MR) is 142 cm³/mol. The van der Waals surface area contributed by atoms with Gasteiger partial charge < -0.3 is 14.7 Å². The summed E-state index contributed by atoms with van der Waals surface area (Å²) in [5.41, 5.74) is 5.93. The van der Waals surface area contributed by atoms with Crippen molar-refractivity contribution in [2.45, 2.75) is 44.9 Å². The highest BCUT2D eigenvalue weighted by Gasteiger charge is 2.43. The van der Waals surface area contributed by atoms with Crippen LogP contribution in [0.1, 0.15) is 42.9 Å². The van der Waals surface area contributed by atoms with E-state index in [2.05, 4.69) is 58.0 Å². The summed E-state index contributed by atoms with van der Waals surface area (Å²) in [7, 11) is 1.89. The van der Waals surface area contributed by atoms with Gasteiger partial charge in [0.2, 0.25) is 5.96 Å². The number of aliphatic imine (C=N–C) groups is 1. The second kappa shape index (κ2) is 10.3. The lowest BCUT2D eigenvalue weighted by molar-refractivity contribution is -0.0706. The molecule has 2 aromatic rings. The van der Waals surface area contributed by atoms with Crippen LogP contribution < -0.4 is 4.90 Å². The zero-order valence-electron chi connectivity index (χ0n) is 20.7. The van der Waals surface area contributed by atoms with E-state index in [4.69, 9.17) is 21.3 Å². The molecule has 1 N–H and O–H groups in total. The smallest absolute Gasteiger partial charge is 0.205 e. The van der Waals surface area contributed by atoms with E-state index in [0.717, 1.165) is 67.7 Å². The van der Waals surface area contributed by atoms with Crippen molar-refractivity contribution >= 4 is 23.2 Å². The molecule has 35 heavy (non-hydrogen) atoms. The molecule has 0 amide bonds. The minimum absolute atomic E-state index is 0.125. The van der Waals surface area contributed by atoms with Crippen molar-refractivity contribution < 1.29 is 9.84 Å². The van der Waals surface area contributed by atoms with Crippen LogP contribution in [-0.2, 0) is 23.5 Å². The summed E-state index contributed by atoms with van der Waals surface area (Å²) in [4.78, 5) is 11.8. The van der Waals surface area contributed by atoms with E-state index >= 15 is 0 Å². The Morgan fingerprint density at radius 3 is 2.69 bits per heavy atom. The van der Waals surface area contributed by atoms with Crippen molar-refractivity contribution in [3.63, 3.8) is 0 Å². The zero-order valence-corrected chi connectivity index (χ0v) is 21.5. The number of nitrogens with zero attached hydrogens (tertiary/aromatic N) is 4. The minimum atomic E-state index is -0.184. The minimum Gasteiger partial charge on any atom is -0.395 e. The molecular weight excluding hydrogens is 460 g/mol. The van der Waals surface area contributed by atoms with Gasteiger partial charge in [0.1, 0.15) is 0 Å². The molecule has 0 radical (unpaired) electrons. The largest absolute Gasteiger partial charge is 0.395 e. The first-order valence-electron chi connectivity index (χ1n) is 12.6. The van der Waals surface area contributed by atoms with Crippen molar-refractivity contribution in [2.75, 3.05) is 44.7 Å². The van der Waals surface area contributed by atoms with Crippen LogP contribution in [0.2, 0.25) is 5.02 Å². The van der Waals surface area contributed by atoms with E-state index in [1.807, 2.05) is 19.2 Å². The maximum atomic E-state index is 9.68. The van der Waals surface area contributed by atoms with Crippen LogP contribution in [-0.4, -0.2) is 60.7 Å².